The zero-order valence-electron chi connectivity index (χ0n) is 20.3. The van der Waals surface area contributed by atoms with Crippen LogP contribution in [-0.4, -0.2) is 90.7 Å². The third-order valence-electron chi connectivity index (χ3n) is 6.25. The molecule has 1 saturated heterocycles. The highest BCUT2D eigenvalue weighted by atomic mass is 16.4. The van der Waals surface area contributed by atoms with E-state index in [1.54, 1.807) is 12.1 Å². The van der Waals surface area contributed by atoms with Gasteiger partial charge in [-0.2, -0.15) is 0 Å². The van der Waals surface area contributed by atoms with Crippen LogP contribution in [0.1, 0.15) is 31.0 Å². The SMILES string of the molecule is CC(O)C(N)C(=O)N1CCCC1C(=O)NC(Cc1ccc(O)cc1)C(=O)NC(Cc1cnc[nH]1)C(=O)O. The molecule has 5 unspecified atom stereocenters. The monoisotopic (exact) mass is 516 g/mol. The van der Waals surface area contributed by atoms with Gasteiger partial charge in [0.05, 0.1) is 12.4 Å². The summed E-state index contributed by atoms with van der Waals surface area (Å²) < 4.78 is 0. The molecule has 5 atom stereocenters. The number of nitrogens with zero attached hydrogens (tertiary/aromatic N) is 2. The fraction of sp³-hybridized carbons (Fsp3) is 0.458. The number of aromatic amines is 1. The quantitative estimate of drug-likeness (QED) is 0.188. The minimum atomic E-state index is -1.29. The van der Waals surface area contributed by atoms with Crippen molar-refractivity contribution < 1.29 is 34.5 Å². The second-order valence-corrected chi connectivity index (χ2v) is 9.07. The first-order valence-electron chi connectivity index (χ1n) is 11.9. The number of benzene rings is 1. The van der Waals surface area contributed by atoms with Gasteiger partial charge in [0.15, 0.2) is 0 Å². The number of nitrogens with one attached hydrogen (secondary N) is 3. The molecule has 8 N–H and O–H groups in total. The number of aliphatic hydroxyl groups excluding tert-OH is 1. The number of aliphatic carboxylic acids is 1. The summed E-state index contributed by atoms with van der Waals surface area (Å²) in [5.41, 5.74) is 6.89. The van der Waals surface area contributed by atoms with Gasteiger partial charge in [-0.3, -0.25) is 14.4 Å². The topological polar surface area (TPSA) is 211 Å². The molecule has 1 aliphatic rings. The Kier molecular flexibility index (Phi) is 9.20. The Balaban J connectivity index is 1.78. The molecule has 1 aliphatic heterocycles. The van der Waals surface area contributed by atoms with E-state index in [4.69, 9.17) is 5.73 Å². The number of H-pyrrole nitrogens is 1. The Morgan fingerprint density at radius 3 is 2.46 bits per heavy atom. The lowest BCUT2D eigenvalue weighted by atomic mass is 10.0. The number of carbonyl (C=O) groups excluding carboxylic acids is 3. The Morgan fingerprint density at radius 1 is 1.16 bits per heavy atom. The number of phenolic OH excluding ortho intramolecular Hbond substituents is 1. The van der Waals surface area contributed by atoms with Gasteiger partial charge in [0.25, 0.3) is 0 Å². The number of nitrogens with two attached hydrogens (primary N) is 1. The van der Waals surface area contributed by atoms with Crippen molar-refractivity contribution in [1.82, 2.24) is 25.5 Å². The van der Waals surface area contributed by atoms with Crippen LogP contribution in [0.3, 0.4) is 0 Å². The number of hydrogen-bond donors (Lipinski definition) is 7. The molecule has 1 aromatic carbocycles. The third kappa shape index (κ3) is 7.27. The van der Waals surface area contributed by atoms with Crippen LogP contribution in [0.25, 0.3) is 0 Å². The summed E-state index contributed by atoms with van der Waals surface area (Å²) in [6, 6.07) is 1.46. The highest BCUT2D eigenvalue weighted by Crippen LogP contribution is 2.20. The van der Waals surface area contributed by atoms with E-state index >= 15 is 0 Å². The smallest absolute Gasteiger partial charge is 0.326 e. The summed E-state index contributed by atoms with van der Waals surface area (Å²) in [4.78, 5) is 58.9. The predicted molar refractivity (Wildman–Crippen MR) is 130 cm³/mol. The van der Waals surface area contributed by atoms with Crippen LogP contribution < -0.4 is 16.4 Å². The number of aliphatic hydroxyl groups is 1. The van der Waals surface area contributed by atoms with Crippen LogP contribution in [-0.2, 0) is 32.0 Å². The number of amides is 3. The predicted octanol–water partition coefficient (Wildman–Crippen LogP) is -1.35. The summed E-state index contributed by atoms with van der Waals surface area (Å²) in [6.45, 7) is 1.66. The average molecular weight is 517 g/mol. The van der Waals surface area contributed by atoms with Gasteiger partial charge in [0, 0.05) is 31.3 Å². The Labute approximate surface area is 213 Å². The minimum Gasteiger partial charge on any atom is -0.508 e. The van der Waals surface area contributed by atoms with Crippen molar-refractivity contribution in [3.8, 4) is 5.75 Å². The maximum absolute atomic E-state index is 13.2. The first-order valence-corrected chi connectivity index (χ1v) is 11.9. The van der Waals surface area contributed by atoms with Gasteiger partial charge < -0.3 is 41.6 Å². The van der Waals surface area contributed by atoms with Crippen LogP contribution in [0.4, 0.5) is 0 Å². The van der Waals surface area contributed by atoms with Crippen LogP contribution in [0.15, 0.2) is 36.8 Å². The van der Waals surface area contributed by atoms with Crippen LogP contribution in [0.5, 0.6) is 5.75 Å². The lowest BCUT2D eigenvalue weighted by molar-refractivity contribution is -0.143. The van der Waals surface area contributed by atoms with Gasteiger partial charge in [-0.05, 0) is 37.5 Å². The fourth-order valence-corrected chi connectivity index (χ4v) is 4.13. The van der Waals surface area contributed by atoms with Crippen molar-refractivity contribution in [2.24, 2.45) is 5.73 Å². The van der Waals surface area contributed by atoms with Crippen LogP contribution in [0, 0.1) is 0 Å². The number of carboxylic acids is 1. The van der Waals surface area contributed by atoms with Crippen molar-refractivity contribution in [3.63, 3.8) is 0 Å². The van der Waals surface area contributed by atoms with E-state index in [0.29, 0.717) is 24.1 Å². The highest BCUT2D eigenvalue weighted by Gasteiger charge is 2.39. The molecule has 37 heavy (non-hydrogen) atoms. The molecule has 13 heteroatoms. The second kappa shape index (κ2) is 12.3. The first kappa shape index (κ1) is 27.6. The summed E-state index contributed by atoms with van der Waals surface area (Å²) in [5.74, 6) is -3.14. The normalized spacial score (nSPS) is 18.5. The lowest BCUT2D eigenvalue weighted by Gasteiger charge is -2.29. The summed E-state index contributed by atoms with van der Waals surface area (Å²) in [5, 5.41) is 34.0. The molecule has 1 aromatic heterocycles. The van der Waals surface area contributed by atoms with Gasteiger partial charge in [-0.25, -0.2) is 9.78 Å². The lowest BCUT2D eigenvalue weighted by Crippen LogP contribution is -2.58. The standard InChI is InChI=1S/C24H32N6O7/c1-13(31)20(25)23(35)30-8-2-3-19(30)22(34)28-17(9-14-4-6-16(32)7-5-14)21(33)29-18(24(36)37)10-15-11-26-12-27-15/h4-7,11-13,17-20,31-32H,2-3,8-10,25H2,1H3,(H,26,27)(H,28,34)(H,29,33)(H,36,37). The zero-order valence-corrected chi connectivity index (χ0v) is 20.3. The van der Waals surface area contributed by atoms with Crippen molar-refractivity contribution in [2.45, 2.75) is 62.9 Å². The molecule has 0 bridgehead atoms. The van der Waals surface area contributed by atoms with E-state index in [2.05, 4.69) is 20.6 Å². The van der Waals surface area contributed by atoms with E-state index in [-0.39, 0.29) is 25.1 Å². The van der Waals surface area contributed by atoms with Crippen molar-refractivity contribution in [1.29, 1.82) is 0 Å². The van der Waals surface area contributed by atoms with Gasteiger partial charge >= 0.3 is 5.97 Å². The molecule has 0 radical (unpaired) electrons. The molecule has 2 heterocycles. The fourth-order valence-electron chi connectivity index (χ4n) is 4.13. The van der Waals surface area contributed by atoms with E-state index in [1.807, 2.05) is 0 Å². The molecule has 3 rings (SSSR count). The molecule has 3 amide bonds. The Hall–Kier alpha value is -3.97. The second-order valence-electron chi connectivity index (χ2n) is 9.07. The van der Waals surface area contributed by atoms with E-state index in [9.17, 15) is 34.5 Å². The first-order chi connectivity index (χ1) is 17.6. The zero-order chi connectivity index (χ0) is 27.1. The maximum Gasteiger partial charge on any atom is 0.326 e. The van der Waals surface area contributed by atoms with E-state index in [1.165, 1.54) is 36.5 Å². The van der Waals surface area contributed by atoms with Crippen molar-refractivity contribution in [3.05, 3.63) is 48.0 Å². The molecule has 0 spiro atoms. The molecule has 200 valence electrons. The molecular weight excluding hydrogens is 484 g/mol. The van der Waals surface area contributed by atoms with Gasteiger partial charge in [-0.1, -0.05) is 12.1 Å². The summed E-state index contributed by atoms with van der Waals surface area (Å²) in [7, 11) is 0. The number of carboxylic acid groups (broad SMARTS) is 1. The van der Waals surface area contributed by atoms with Crippen LogP contribution >= 0.6 is 0 Å². The number of phenols is 1. The number of rotatable bonds is 11. The van der Waals surface area contributed by atoms with Gasteiger partial charge in [0.2, 0.25) is 17.7 Å². The summed E-state index contributed by atoms with van der Waals surface area (Å²) in [6.07, 6.45) is 2.56. The minimum absolute atomic E-state index is 0.00209. The number of likely N-dealkylation sites (tertiary alicyclic amines) is 1. The van der Waals surface area contributed by atoms with E-state index in [0.717, 1.165) is 0 Å². The molecule has 13 nitrogen and oxygen atoms in total. The van der Waals surface area contributed by atoms with Crippen molar-refractivity contribution in [2.75, 3.05) is 6.54 Å². The number of aromatic hydroxyl groups is 1. The third-order valence-corrected chi connectivity index (χ3v) is 6.25. The Bertz CT molecular complexity index is 1090. The molecule has 2 aromatic rings. The number of imidazole rings is 1. The molecular formula is C24H32N6O7. The summed E-state index contributed by atoms with van der Waals surface area (Å²) >= 11 is 0. The largest absolute Gasteiger partial charge is 0.508 e. The van der Waals surface area contributed by atoms with E-state index < -0.39 is 54.0 Å². The van der Waals surface area contributed by atoms with Gasteiger partial charge in [-0.15, -0.1) is 0 Å². The molecule has 0 aliphatic carbocycles. The van der Waals surface area contributed by atoms with Crippen molar-refractivity contribution >= 4 is 23.7 Å². The number of hydrogen-bond acceptors (Lipinski definition) is 8. The maximum atomic E-state index is 13.2. The van der Waals surface area contributed by atoms with Crippen LogP contribution in [0.2, 0.25) is 0 Å². The van der Waals surface area contributed by atoms with Gasteiger partial charge in [0.1, 0.15) is 29.9 Å². The Morgan fingerprint density at radius 2 is 1.86 bits per heavy atom. The number of aromatic nitrogens is 2. The number of carbonyl (C=O) groups is 4. The molecule has 1 fully saturated rings. The molecule has 0 saturated carbocycles. The highest BCUT2D eigenvalue weighted by molar-refractivity contribution is 5.94. The average Bonchev–Trinajstić information content (AvgIpc) is 3.55.